The molecule has 1 rings (SSSR count). The Balaban J connectivity index is 0.00000625. The van der Waals surface area contributed by atoms with E-state index in [1.165, 1.54) is 13.1 Å². The number of hydrogen-bond acceptors (Lipinski definition) is 4. The molecule has 0 aliphatic carbocycles. The van der Waals surface area contributed by atoms with E-state index < -0.39 is 18.2 Å². The van der Waals surface area contributed by atoms with Crippen molar-refractivity contribution in [3.8, 4) is 5.75 Å². The summed E-state index contributed by atoms with van der Waals surface area (Å²) in [6, 6.07) is 4.93. The Kier molecular flexibility index (Phi) is 10.4. The first kappa shape index (κ1) is 24.4. The first-order valence-electron chi connectivity index (χ1n) is 7.81. The summed E-state index contributed by atoms with van der Waals surface area (Å²) in [6.07, 6.45) is 0. The third-order valence-electron chi connectivity index (χ3n) is 2.92. The maximum Gasteiger partial charge on any atom is 0.387 e. The van der Waals surface area contributed by atoms with Crippen LogP contribution >= 0.6 is 24.0 Å². The summed E-state index contributed by atoms with van der Waals surface area (Å²) in [6.45, 7) is 4.43. The number of aryl methyl sites for hydroxylation is 1. The van der Waals surface area contributed by atoms with Crippen molar-refractivity contribution in [2.75, 3.05) is 13.6 Å². The fourth-order valence-corrected chi connectivity index (χ4v) is 1.99. The summed E-state index contributed by atoms with van der Waals surface area (Å²) in [7, 11) is 1.54. The van der Waals surface area contributed by atoms with Gasteiger partial charge in [0, 0.05) is 19.2 Å². The number of nitrogens with zero attached hydrogens (tertiary/aromatic N) is 1. The number of rotatable bonds is 6. The first-order valence-corrected chi connectivity index (χ1v) is 7.81. The smallest absolute Gasteiger partial charge is 0.387 e. The standard InChI is InChI=1S/C17H25F2N3O3.HI/c1-11-6-7-13(24-15(18)19)12(8-11)9-21-16(20-5)22-10-14(23)25-17(2,3)4;/h6-8,15H,9-10H2,1-5H3,(H2,20,21,22);1H. The minimum atomic E-state index is -2.90. The molecule has 0 spiro atoms. The lowest BCUT2D eigenvalue weighted by molar-refractivity contribution is -0.153. The van der Waals surface area contributed by atoms with Crippen LogP contribution in [-0.2, 0) is 16.1 Å². The number of halogens is 3. The highest BCUT2D eigenvalue weighted by molar-refractivity contribution is 14.0. The minimum absolute atomic E-state index is 0. The highest BCUT2D eigenvalue weighted by Crippen LogP contribution is 2.21. The maximum atomic E-state index is 12.5. The Morgan fingerprint density at radius 3 is 2.46 bits per heavy atom. The SMILES string of the molecule is CN=C(NCC(=O)OC(C)(C)C)NCc1cc(C)ccc1OC(F)F.I. The van der Waals surface area contributed by atoms with Crippen molar-refractivity contribution >= 4 is 35.9 Å². The van der Waals surface area contributed by atoms with Gasteiger partial charge in [0.05, 0.1) is 0 Å². The van der Waals surface area contributed by atoms with Crippen molar-refractivity contribution in [2.24, 2.45) is 4.99 Å². The molecule has 9 heteroatoms. The zero-order valence-electron chi connectivity index (χ0n) is 15.6. The molecule has 0 saturated carbocycles. The predicted molar refractivity (Wildman–Crippen MR) is 107 cm³/mol. The van der Waals surface area contributed by atoms with Crippen LogP contribution in [0.3, 0.4) is 0 Å². The normalized spacial score (nSPS) is 11.6. The Bertz CT molecular complexity index is 620. The van der Waals surface area contributed by atoms with Gasteiger partial charge in [-0.3, -0.25) is 9.79 Å². The number of carbonyl (C=O) groups is 1. The number of carbonyl (C=O) groups excluding carboxylic acids is 1. The summed E-state index contributed by atoms with van der Waals surface area (Å²) < 4.78 is 34.7. The number of guanidine groups is 1. The Morgan fingerprint density at radius 2 is 1.92 bits per heavy atom. The molecule has 0 unspecified atom stereocenters. The van der Waals surface area contributed by atoms with E-state index >= 15 is 0 Å². The molecule has 0 saturated heterocycles. The van der Waals surface area contributed by atoms with E-state index in [4.69, 9.17) is 4.74 Å². The van der Waals surface area contributed by atoms with Crippen LogP contribution in [0.2, 0.25) is 0 Å². The van der Waals surface area contributed by atoms with Crippen LogP contribution in [0.5, 0.6) is 5.75 Å². The molecule has 6 nitrogen and oxygen atoms in total. The van der Waals surface area contributed by atoms with Crippen molar-refractivity contribution in [3.63, 3.8) is 0 Å². The molecule has 0 amide bonds. The number of aliphatic imine (C=N–C) groups is 1. The molecule has 26 heavy (non-hydrogen) atoms. The fraction of sp³-hybridized carbons (Fsp3) is 0.529. The van der Waals surface area contributed by atoms with Crippen molar-refractivity contribution in [1.82, 2.24) is 10.6 Å². The molecule has 0 fully saturated rings. The van der Waals surface area contributed by atoms with Crippen molar-refractivity contribution in [3.05, 3.63) is 29.3 Å². The average Bonchev–Trinajstić information content (AvgIpc) is 2.47. The average molecular weight is 485 g/mol. The van der Waals surface area contributed by atoms with Gasteiger partial charge in [0.15, 0.2) is 5.96 Å². The van der Waals surface area contributed by atoms with Crippen LogP contribution in [0.25, 0.3) is 0 Å². The molecule has 2 N–H and O–H groups in total. The van der Waals surface area contributed by atoms with Gasteiger partial charge < -0.3 is 20.1 Å². The molecular formula is C17H26F2IN3O3. The van der Waals surface area contributed by atoms with Gasteiger partial charge in [0.2, 0.25) is 0 Å². The van der Waals surface area contributed by atoms with Gasteiger partial charge in [-0.15, -0.1) is 24.0 Å². The van der Waals surface area contributed by atoms with Crippen molar-refractivity contribution in [1.29, 1.82) is 0 Å². The molecular weight excluding hydrogens is 459 g/mol. The monoisotopic (exact) mass is 485 g/mol. The van der Waals surface area contributed by atoms with E-state index in [0.717, 1.165) is 5.56 Å². The Labute approximate surface area is 169 Å². The summed E-state index contributed by atoms with van der Waals surface area (Å²) in [5.41, 5.74) is 0.898. The second-order valence-corrected chi connectivity index (χ2v) is 6.36. The van der Waals surface area contributed by atoms with Gasteiger partial charge in [0.25, 0.3) is 0 Å². The quantitative estimate of drug-likeness (QED) is 0.280. The Morgan fingerprint density at radius 1 is 1.27 bits per heavy atom. The van der Waals surface area contributed by atoms with Crippen molar-refractivity contribution in [2.45, 2.75) is 46.5 Å². The largest absolute Gasteiger partial charge is 0.459 e. The maximum absolute atomic E-state index is 12.5. The van der Waals surface area contributed by atoms with Crippen LogP contribution in [0.1, 0.15) is 31.9 Å². The molecule has 0 bridgehead atoms. The van der Waals surface area contributed by atoms with E-state index in [2.05, 4.69) is 20.4 Å². The van der Waals surface area contributed by atoms with Crippen molar-refractivity contribution < 1.29 is 23.0 Å². The van der Waals surface area contributed by atoms with Gasteiger partial charge in [-0.2, -0.15) is 8.78 Å². The number of ether oxygens (including phenoxy) is 2. The molecule has 0 radical (unpaired) electrons. The third-order valence-corrected chi connectivity index (χ3v) is 2.92. The Hall–Kier alpha value is -1.65. The molecule has 148 valence electrons. The number of benzene rings is 1. The molecule has 1 aromatic carbocycles. The van der Waals surface area contributed by atoms with E-state index in [9.17, 15) is 13.6 Å². The summed E-state index contributed by atoms with van der Waals surface area (Å²) >= 11 is 0. The number of nitrogens with one attached hydrogen (secondary N) is 2. The van der Waals surface area contributed by atoms with Gasteiger partial charge in [-0.25, -0.2) is 0 Å². The lowest BCUT2D eigenvalue weighted by Gasteiger charge is -2.20. The van der Waals surface area contributed by atoms with E-state index in [1.54, 1.807) is 32.9 Å². The fourth-order valence-electron chi connectivity index (χ4n) is 1.99. The van der Waals surface area contributed by atoms with Crippen LogP contribution in [0, 0.1) is 6.92 Å². The number of alkyl halides is 2. The van der Waals surface area contributed by atoms with Crippen LogP contribution in [0.4, 0.5) is 8.78 Å². The molecule has 0 aliphatic rings. The molecule has 1 aromatic rings. The van der Waals surface area contributed by atoms with E-state index in [0.29, 0.717) is 11.5 Å². The highest BCUT2D eigenvalue weighted by Gasteiger charge is 2.16. The predicted octanol–water partition coefficient (Wildman–Crippen LogP) is 3.22. The number of hydrogen-bond donors (Lipinski definition) is 2. The van der Waals surface area contributed by atoms with Crippen LogP contribution in [0.15, 0.2) is 23.2 Å². The molecule has 0 heterocycles. The summed E-state index contributed by atoms with van der Waals surface area (Å²) in [4.78, 5) is 15.7. The number of esters is 1. The topological polar surface area (TPSA) is 72.0 Å². The molecule has 0 atom stereocenters. The van der Waals surface area contributed by atoms with Gasteiger partial charge >= 0.3 is 12.6 Å². The summed E-state index contributed by atoms with van der Waals surface area (Å²) in [5, 5.41) is 5.76. The zero-order chi connectivity index (χ0) is 19.0. The summed E-state index contributed by atoms with van der Waals surface area (Å²) in [5.74, 6) is 0.0128. The lowest BCUT2D eigenvalue weighted by atomic mass is 10.1. The van der Waals surface area contributed by atoms with Gasteiger partial charge in [-0.1, -0.05) is 17.7 Å². The van der Waals surface area contributed by atoms with Crippen LogP contribution < -0.4 is 15.4 Å². The highest BCUT2D eigenvalue weighted by atomic mass is 127. The molecule has 0 aromatic heterocycles. The zero-order valence-corrected chi connectivity index (χ0v) is 17.9. The second kappa shape index (κ2) is 11.1. The van der Waals surface area contributed by atoms with Gasteiger partial charge in [0.1, 0.15) is 17.9 Å². The second-order valence-electron chi connectivity index (χ2n) is 6.36. The van der Waals surface area contributed by atoms with E-state index in [-0.39, 0.29) is 42.8 Å². The van der Waals surface area contributed by atoms with Gasteiger partial charge in [-0.05, 0) is 33.8 Å². The van der Waals surface area contributed by atoms with E-state index in [1.807, 2.05) is 6.92 Å². The molecule has 0 aliphatic heterocycles. The lowest BCUT2D eigenvalue weighted by Crippen LogP contribution is -2.41. The van der Waals surface area contributed by atoms with Crippen LogP contribution in [-0.4, -0.2) is 37.7 Å². The third kappa shape index (κ3) is 9.73. The minimum Gasteiger partial charge on any atom is -0.459 e. The first-order chi connectivity index (χ1) is 11.6.